The predicted octanol–water partition coefficient (Wildman–Crippen LogP) is 2.44. The highest BCUT2D eigenvalue weighted by Crippen LogP contribution is 2.41. The maximum absolute atomic E-state index is 12.1. The highest BCUT2D eigenvalue weighted by atomic mass is 16.5. The molecule has 0 saturated carbocycles. The van der Waals surface area contributed by atoms with Crippen molar-refractivity contribution in [1.29, 1.82) is 0 Å². The number of hydrogen-bond acceptors (Lipinski definition) is 5. The SMILES string of the molecule is CCC(C(=O)OC)N1CC(C(C)C)Oc2cccc(N)c21. The molecular weight excluding hydrogens is 268 g/mol. The number of anilines is 2. The van der Waals surface area contributed by atoms with E-state index in [9.17, 15) is 4.79 Å². The second kappa shape index (κ2) is 6.24. The van der Waals surface area contributed by atoms with E-state index in [0.29, 0.717) is 24.6 Å². The maximum atomic E-state index is 12.1. The van der Waals surface area contributed by atoms with E-state index in [1.807, 2.05) is 30.0 Å². The molecule has 0 fully saturated rings. The summed E-state index contributed by atoms with van der Waals surface area (Å²) in [7, 11) is 1.42. The van der Waals surface area contributed by atoms with Crippen molar-refractivity contribution >= 4 is 17.3 Å². The van der Waals surface area contributed by atoms with E-state index in [0.717, 1.165) is 11.4 Å². The van der Waals surface area contributed by atoms with Crippen LogP contribution < -0.4 is 15.4 Å². The van der Waals surface area contributed by atoms with E-state index in [4.69, 9.17) is 15.2 Å². The van der Waals surface area contributed by atoms with Gasteiger partial charge >= 0.3 is 5.97 Å². The number of hydrogen-bond donors (Lipinski definition) is 1. The number of benzene rings is 1. The average molecular weight is 292 g/mol. The zero-order chi connectivity index (χ0) is 15.6. The molecule has 2 N–H and O–H groups in total. The molecule has 1 aromatic carbocycles. The van der Waals surface area contributed by atoms with Gasteiger partial charge in [-0.05, 0) is 24.5 Å². The highest BCUT2D eigenvalue weighted by Gasteiger charge is 2.36. The quantitative estimate of drug-likeness (QED) is 0.682. The molecule has 0 amide bonds. The molecule has 0 saturated heterocycles. The summed E-state index contributed by atoms with van der Waals surface area (Å²) < 4.78 is 11.0. The number of nitrogens with two attached hydrogens (primary N) is 1. The van der Waals surface area contributed by atoms with Gasteiger partial charge in [0, 0.05) is 0 Å². The molecule has 0 aromatic heterocycles. The minimum Gasteiger partial charge on any atom is -0.486 e. The van der Waals surface area contributed by atoms with Crippen molar-refractivity contribution in [1.82, 2.24) is 0 Å². The zero-order valence-corrected chi connectivity index (χ0v) is 13.1. The summed E-state index contributed by atoms with van der Waals surface area (Å²) in [6.07, 6.45) is 0.684. The minimum absolute atomic E-state index is 0.0259. The number of ether oxygens (including phenoxy) is 2. The standard InChI is InChI=1S/C16H24N2O3/c1-5-12(16(19)20-4)18-9-14(10(2)3)21-13-8-6-7-11(17)15(13)18/h6-8,10,12,14H,5,9,17H2,1-4H3. The van der Waals surface area contributed by atoms with Gasteiger partial charge in [0.05, 0.1) is 19.3 Å². The number of para-hydroxylation sites is 1. The van der Waals surface area contributed by atoms with Gasteiger partial charge < -0.3 is 20.1 Å². The Bertz CT molecular complexity index is 516. The Morgan fingerprint density at radius 3 is 2.81 bits per heavy atom. The predicted molar refractivity (Wildman–Crippen MR) is 83.5 cm³/mol. The Kier molecular flexibility index (Phi) is 4.60. The monoisotopic (exact) mass is 292 g/mol. The summed E-state index contributed by atoms with van der Waals surface area (Å²) in [4.78, 5) is 14.1. The minimum atomic E-state index is -0.344. The Hall–Kier alpha value is -1.91. The molecule has 0 aliphatic carbocycles. The molecule has 2 rings (SSSR count). The lowest BCUT2D eigenvalue weighted by molar-refractivity contribution is -0.142. The number of rotatable bonds is 4. The summed E-state index contributed by atoms with van der Waals surface area (Å²) in [5.74, 6) is 0.843. The van der Waals surface area contributed by atoms with Crippen LogP contribution in [0.4, 0.5) is 11.4 Å². The van der Waals surface area contributed by atoms with Gasteiger partial charge in [0.15, 0.2) is 0 Å². The fourth-order valence-corrected chi connectivity index (χ4v) is 2.71. The van der Waals surface area contributed by atoms with Gasteiger partial charge in [0.2, 0.25) is 0 Å². The van der Waals surface area contributed by atoms with Crippen LogP contribution in [0.25, 0.3) is 0 Å². The van der Waals surface area contributed by atoms with E-state index in [1.165, 1.54) is 7.11 Å². The van der Waals surface area contributed by atoms with Crippen molar-refractivity contribution in [3.05, 3.63) is 18.2 Å². The molecule has 2 unspecified atom stereocenters. The van der Waals surface area contributed by atoms with Gasteiger partial charge in [-0.15, -0.1) is 0 Å². The van der Waals surface area contributed by atoms with Gasteiger partial charge in [-0.3, -0.25) is 0 Å². The van der Waals surface area contributed by atoms with Crippen molar-refractivity contribution in [3.63, 3.8) is 0 Å². The Labute approximate surface area is 126 Å². The van der Waals surface area contributed by atoms with Crippen LogP contribution in [-0.2, 0) is 9.53 Å². The maximum Gasteiger partial charge on any atom is 0.328 e. The largest absolute Gasteiger partial charge is 0.486 e. The highest BCUT2D eigenvalue weighted by molar-refractivity contribution is 5.85. The topological polar surface area (TPSA) is 64.8 Å². The van der Waals surface area contributed by atoms with Gasteiger partial charge in [-0.1, -0.05) is 26.8 Å². The fourth-order valence-electron chi connectivity index (χ4n) is 2.71. The number of nitrogens with zero attached hydrogens (tertiary/aromatic N) is 1. The first-order valence-corrected chi connectivity index (χ1v) is 7.39. The van der Waals surface area contributed by atoms with Crippen LogP contribution in [0, 0.1) is 5.92 Å². The molecule has 0 bridgehead atoms. The van der Waals surface area contributed by atoms with E-state index in [1.54, 1.807) is 0 Å². The lowest BCUT2D eigenvalue weighted by Crippen LogP contribution is -2.51. The first-order chi connectivity index (χ1) is 9.99. The molecule has 116 valence electrons. The molecule has 2 atom stereocenters. The normalized spacial score (nSPS) is 18.9. The molecule has 21 heavy (non-hydrogen) atoms. The lowest BCUT2D eigenvalue weighted by atomic mass is 10.0. The average Bonchev–Trinajstić information content (AvgIpc) is 2.47. The number of fused-ring (bicyclic) bond motifs is 1. The summed E-state index contributed by atoms with van der Waals surface area (Å²) >= 11 is 0. The van der Waals surface area contributed by atoms with Gasteiger partial charge in [0.25, 0.3) is 0 Å². The Morgan fingerprint density at radius 1 is 1.52 bits per heavy atom. The number of nitrogen functional groups attached to an aromatic ring is 1. The summed E-state index contributed by atoms with van der Waals surface area (Å²) in [5.41, 5.74) is 7.53. The van der Waals surface area contributed by atoms with E-state index in [2.05, 4.69) is 13.8 Å². The number of methoxy groups -OCH3 is 1. The smallest absolute Gasteiger partial charge is 0.328 e. The van der Waals surface area contributed by atoms with Crippen molar-refractivity contribution < 1.29 is 14.3 Å². The third-order valence-electron chi connectivity index (χ3n) is 3.95. The summed E-state index contributed by atoms with van der Waals surface area (Å²) in [5, 5.41) is 0. The molecule has 1 heterocycles. The Morgan fingerprint density at radius 2 is 2.24 bits per heavy atom. The second-order valence-corrected chi connectivity index (χ2v) is 5.69. The van der Waals surface area contributed by atoms with E-state index in [-0.39, 0.29) is 18.1 Å². The molecule has 5 heteroatoms. The molecule has 1 aliphatic rings. The molecule has 1 aromatic rings. The first-order valence-electron chi connectivity index (χ1n) is 7.39. The third-order valence-corrected chi connectivity index (χ3v) is 3.95. The van der Waals surface area contributed by atoms with E-state index < -0.39 is 0 Å². The van der Waals surface area contributed by atoms with Crippen LogP contribution in [0.5, 0.6) is 5.75 Å². The van der Waals surface area contributed by atoms with Crippen molar-refractivity contribution in [2.75, 3.05) is 24.3 Å². The van der Waals surface area contributed by atoms with Gasteiger partial charge in [-0.25, -0.2) is 4.79 Å². The molecule has 1 aliphatic heterocycles. The number of esters is 1. The van der Waals surface area contributed by atoms with Crippen LogP contribution in [0.1, 0.15) is 27.2 Å². The van der Waals surface area contributed by atoms with Crippen LogP contribution in [0.2, 0.25) is 0 Å². The third kappa shape index (κ3) is 2.91. The van der Waals surface area contributed by atoms with Gasteiger partial charge in [0.1, 0.15) is 23.6 Å². The zero-order valence-electron chi connectivity index (χ0n) is 13.1. The fraction of sp³-hybridized carbons (Fsp3) is 0.562. The molecule has 5 nitrogen and oxygen atoms in total. The van der Waals surface area contributed by atoms with Crippen LogP contribution in [0.3, 0.4) is 0 Å². The van der Waals surface area contributed by atoms with Crippen LogP contribution in [0.15, 0.2) is 18.2 Å². The van der Waals surface area contributed by atoms with E-state index >= 15 is 0 Å². The van der Waals surface area contributed by atoms with Crippen molar-refractivity contribution in [2.24, 2.45) is 5.92 Å². The lowest BCUT2D eigenvalue weighted by Gasteiger charge is -2.41. The van der Waals surface area contributed by atoms with Crippen LogP contribution in [-0.4, -0.2) is 31.8 Å². The molecular formula is C16H24N2O3. The Balaban J connectivity index is 2.46. The molecule has 0 radical (unpaired) electrons. The van der Waals surface area contributed by atoms with Crippen molar-refractivity contribution in [3.8, 4) is 5.75 Å². The number of carbonyl (C=O) groups excluding carboxylic acids is 1. The second-order valence-electron chi connectivity index (χ2n) is 5.69. The van der Waals surface area contributed by atoms with Gasteiger partial charge in [-0.2, -0.15) is 0 Å². The number of carbonyl (C=O) groups is 1. The molecule has 0 spiro atoms. The summed E-state index contributed by atoms with van der Waals surface area (Å²) in [6, 6.07) is 5.25. The van der Waals surface area contributed by atoms with Crippen LogP contribution >= 0.6 is 0 Å². The first kappa shape index (κ1) is 15.5. The summed E-state index contributed by atoms with van der Waals surface area (Å²) in [6.45, 7) is 6.82. The van der Waals surface area contributed by atoms with Crippen molar-refractivity contribution in [2.45, 2.75) is 39.3 Å².